The molecule has 3 aromatic rings. The molecule has 2 atom stereocenters. The predicted molar refractivity (Wildman–Crippen MR) is 190 cm³/mol. The maximum atomic E-state index is 14.3. The van der Waals surface area contributed by atoms with Crippen molar-refractivity contribution in [1.82, 2.24) is 19.8 Å². The molecule has 2 aromatic heterocycles. The number of carbonyl (C=O) groups is 2. The number of nitrogens with zero attached hydrogens (tertiary/aromatic N) is 3. The molecule has 1 saturated carbocycles. The number of alkyl halides is 3. The Hall–Kier alpha value is -4.08. The summed E-state index contributed by atoms with van der Waals surface area (Å²) >= 11 is 1.71. The molecule has 11 nitrogen and oxygen atoms in total. The smallest absolute Gasteiger partial charge is 0.272 e. The Morgan fingerprint density at radius 1 is 1.12 bits per heavy atom. The molecule has 51 heavy (non-hydrogen) atoms. The average molecular weight is 732 g/mol. The van der Waals surface area contributed by atoms with Gasteiger partial charge in [-0.1, -0.05) is 6.92 Å². The maximum Gasteiger partial charge on any atom is 0.272 e. The van der Waals surface area contributed by atoms with Crippen LogP contribution in [0.3, 0.4) is 0 Å². The van der Waals surface area contributed by atoms with Gasteiger partial charge in [0.15, 0.2) is 6.61 Å². The topological polar surface area (TPSA) is 124 Å². The third-order valence-electron chi connectivity index (χ3n) is 8.85. The standard InChI is InChI=1S/C36H44F3N5O6S/c1-21(29(49-4)18-51-5)14-40-15-22-10-28(35(47)44(16-22)24-6-7-24)33(45)42-31-11-23(12-32(41-31)50-17-30(37)38)26-9-8-25(48-3)13-27(26)34(46)43-19-36(2,39)20-43/h8-13,16,21,24,29-30,40H,6-7,14-15,17-20H2,1-5H3,(H,41,42,45). The van der Waals surface area contributed by atoms with Gasteiger partial charge in [-0.25, -0.2) is 13.2 Å². The van der Waals surface area contributed by atoms with Crippen LogP contribution in [0.15, 0.2) is 47.4 Å². The van der Waals surface area contributed by atoms with Crippen LogP contribution < -0.4 is 25.7 Å². The Morgan fingerprint density at radius 3 is 2.49 bits per heavy atom. The Balaban J connectivity index is 1.45. The number of ether oxygens (including phenoxy) is 3. The Morgan fingerprint density at radius 2 is 1.86 bits per heavy atom. The van der Waals surface area contributed by atoms with Crippen LogP contribution in [0.1, 0.15) is 59.0 Å². The molecule has 1 saturated heterocycles. The number of halogens is 3. The molecule has 2 amide bonds. The van der Waals surface area contributed by atoms with E-state index in [1.165, 1.54) is 43.2 Å². The third kappa shape index (κ3) is 9.63. The molecular weight excluding hydrogens is 687 g/mol. The van der Waals surface area contributed by atoms with Crippen molar-refractivity contribution in [2.45, 2.75) is 57.5 Å². The van der Waals surface area contributed by atoms with Crippen molar-refractivity contribution < 1.29 is 37.0 Å². The highest BCUT2D eigenvalue weighted by Gasteiger charge is 2.42. The van der Waals surface area contributed by atoms with Gasteiger partial charge in [-0.15, -0.1) is 0 Å². The molecule has 3 heterocycles. The molecule has 0 radical (unpaired) electrons. The van der Waals surface area contributed by atoms with Gasteiger partial charge in [-0.05, 0) is 79.0 Å². The van der Waals surface area contributed by atoms with Gasteiger partial charge in [-0.3, -0.25) is 14.4 Å². The number of aromatic nitrogens is 2. The highest BCUT2D eigenvalue weighted by molar-refractivity contribution is 7.98. The van der Waals surface area contributed by atoms with Crippen molar-refractivity contribution in [2.24, 2.45) is 5.92 Å². The SMILES string of the molecule is COc1ccc(-c2cc(NC(=O)c3cc(CNCC(C)C(CSC)OC)cn(C4CC4)c3=O)nc(OCC(F)F)c2)c(C(=O)N2CC(C)(F)C2)c1. The second-order valence-corrected chi connectivity index (χ2v) is 14.2. The second-order valence-electron chi connectivity index (χ2n) is 13.3. The number of rotatable bonds is 17. The van der Waals surface area contributed by atoms with Crippen molar-refractivity contribution in [3.8, 4) is 22.8 Å². The van der Waals surface area contributed by atoms with E-state index < -0.39 is 36.1 Å². The summed E-state index contributed by atoms with van der Waals surface area (Å²) in [6.07, 6.45) is 2.69. The van der Waals surface area contributed by atoms with Crippen molar-refractivity contribution in [3.05, 3.63) is 69.6 Å². The highest BCUT2D eigenvalue weighted by atomic mass is 32.2. The zero-order chi connectivity index (χ0) is 36.9. The number of pyridine rings is 2. The number of methoxy groups -OCH3 is 2. The van der Waals surface area contributed by atoms with E-state index in [2.05, 4.69) is 22.5 Å². The summed E-state index contributed by atoms with van der Waals surface area (Å²) in [7, 11) is 3.13. The van der Waals surface area contributed by atoms with Crippen molar-refractivity contribution >= 4 is 29.4 Å². The number of benzene rings is 1. The van der Waals surface area contributed by atoms with Gasteiger partial charge in [0.1, 0.15) is 22.8 Å². The van der Waals surface area contributed by atoms with E-state index in [0.717, 1.165) is 24.2 Å². The summed E-state index contributed by atoms with van der Waals surface area (Å²) in [5.41, 5.74) is -0.533. The lowest BCUT2D eigenvalue weighted by Crippen LogP contribution is -2.59. The first-order chi connectivity index (χ1) is 24.3. The summed E-state index contributed by atoms with van der Waals surface area (Å²) < 4.78 is 58.4. The van der Waals surface area contributed by atoms with E-state index in [-0.39, 0.29) is 54.0 Å². The van der Waals surface area contributed by atoms with E-state index in [1.807, 2.05) is 6.26 Å². The Labute approximate surface area is 299 Å². The zero-order valence-corrected chi connectivity index (χ0v) is 30.2. The van der Waals surface area contributed by atoms with Gasteiger partial charge in [0.05, 0.1) is 31.9 Å². The number of hydrogen-bond donors (Lipinski definition) is 2. The van der Waals surface area contributed by atoms with Gasteiger partial charge in [0.25, 0.3) is 23.8 Å². The second kappa shape index (κ2) is 16.5. The molecular formula is C36H44F3N5O6S. The van der Waals surface area contributed by atoms with Crippen LogP contribution in [-0.4, -0.2) is 96.9 Å². The number of likely N-dealkylation sites (tertiary alicyclic amines) is 1. The fourth-order valence-corrected chi connectivity index (χ4v) is 6.82. The van der Waals surface area contributed by atoms with Crippen LogP contribution in [0.5, 0.6) is 11.6 Å². The number of nitrogens with one attached hydrogen (secondary N) is 2. The van der Waals surface area contributed by atoms with Gasteiger partial charge < -0.3 is 34.3 Å². The maximum absolute atomic E-state index is 14.3. The Bertz CT molecular complexity index is 1780. The fraction of sp³-hybridized carbons (Fsp3) is 0.500. The lowest BCUT2D eigenvalue weighted by Gasteiger charge is -2.42. The highest BCUT2D eigenvalue weighted by Crippen LogP contribution is 2.35. The summed E-state index contributed by atoms with van der Waals surface area (Å²) in [4.78, 5) is 46.4. The summed E-state index contributed by atoms with van der Waals surface area (Å²) in [5.74, 6) is -0.0945. The number of hydrogen-bond acceptors (Lipinski definition) is 9. The normalized spacial score (nSPS) is 16.4. The molecule has 2 aliphatic rings. The Kier molecular flexibility index (Phi) is 12.4. The molecule has 2 N–H and O–H groups in total. The number of thioether (sulfide) groups is 1. The first-order valence-corrected chi connectivity index (χ1v) is 18.1. The first-order valence-electron chi connectivity index (χ1n) is 16.7. The molecule has 1 aliphatic heterocycles. The van der Waals surface area contributed by atoms with Crippen LogP contribution in [-0.2, 0) is 11.3 Å². The van der Waals surface area contributed by atoms with E-state index in [0.29, 0.717) is 30.0 Å². The molecule has 0 bridgehead atoms. The van der Waals surface area contributed by atoms with Crippen LogP contribution in [0.25, 0.3) is 11.1 Å². The van der Waals surface area contributed by atoms with E-state index in [9.17, 15) is 27.6 Å². The van der Waals surface area contributed by atoms with Gasteiger partial charge in [0, 0.05) is 44.3 Å². The van der Waals surface area contributed by atoms with Gasteiger partial charge >= 0.3 is 0 Å². The molecule has 0 spiro atoms. The molecule has 2 unspecified atom stereocenters. The lowest BCUT2D eigenvalue weighted by atomic mass is 9.94. The van der Waals surface area contributed by atoms with E-state index in [1.54, 1.807) is 41.8 Å². The van der Waals surface area contributed by atoms with Crippen LogP contribution in [0.4, 0.5) is 19.0 Å². The van der Waals surface area contributed by atoms with E-state index in [4.69, 9.17) is 14.2 Å². The zero-order valence-electron chi connectivity index (χ0n) is 29.3. The van der Waals surface area contributed by atoms with Gasteiger partial charge in [0.2, 0.25) is 5.88 Å². The minimum absolute atomic E-state index is 0.00845. The number of carbonyl (C=O) groups excluding carboxylic acids is 2. The van der Waals surface area contributed by atoms with Crippen LogP contribution in [0, 0.1) is 5.92 Å². The van der Waals surface area contributed by atoms with Crippen LogP contribution >= 0.6 is 11.8 Å². The summed E-state index contributed by atoms with van der Waals surface area (Å²) in [6.45, 7) is 3.40. The molecule has 5 rings (SSSR count). The summed E-state index contributed by atoms with van der Waals surface area (Å²) in [5, 5.41) is 6.06. The minimum atomic E-state index is -2.81. The largest absolute Gasteiger partial charge is 0.497 e. The van der Waals surface area contributed by atoms with Gasteiger partial charge in [-0.2, -0.15) is 16.7 Å². The number of anilines is 1. The van der Waals surface area contributed by atoms with Crippen LogP contribution in [0.2, 0.25) is 0 Å². The summed E-state index contributed by atoms with van der Waals surface area (Å²) in [6, 6.07) is 9.06. The van der Waals surface area contributed by atoms with E-state index >= 15 is 0 Å². The number of amides is 2. The van der Waals surface area contributed by atoms with Crippen molar-refractivity contribution in [1.29, 1.82) is 0 Å². The quantitative estimate of drug-likeness (QED) is 0.187. The molecule has 1 aliphatic carbocycles. The third-order valence-corrected chi connectivity index (χ3v) is 9.51. The average Bonchev–Trinajstić information content (AvgIpc) is 3.94. The van der Waals surface area contributed by atoms with Crippen molar-refractivity contribution in [2.75, 3.05) is 57.8 Å². The molecule has 276 valence electrons. The molecule has 1 aromatic carbocycles. The monoisotopic (exact) mass is 731 g/mol. The van der Waals surface area contributed by atoms with Crippen molar-refractivity contribution in [3.63, 3.8) is 0 Å². The predicted octanol–water partition coefficient (Wildman–Crippen LogP) is 5.44. The minimum Gasteiger partial charge on any atom is -0.497 e. The lowest BCUT2D eigenvalue weighted by molar-refractivity contribution is -0.00782. The molecule has 15 heteroatoms. The fourth-order valence-electron chi connectivity index (χ4n) is 6.02. The first kappa shape index (κ1) is 38.2. The molecule has 2 fully saturated rings.